The van der Waals surface area contributed by atoms with Crippen LogP contribution in [0.15, 0.2) is 29.3 Å². The number of sulfone groups is 1. The zero-order valence-electron chi connectivity index (χ0n) is 15.1. The van der Waals surface area contributed by atoms with Crippen molar-refractivity contribution >= 4 is 39.8 Å². The first kappa shape index (κ1) is 23.8. The molecule has 1 aromatic carbocycles. The Labute approximate surface area is 167 Å². The van der Waals surface area contributed by atoms with E-state index in [2.05, 4.69) is 15.6 Å². The van der Waals surface area contributed by atoms with Crippen LogP contribution in [0.1, 0.15) is 13.8 Å². The molecule has 7 nitrogen and oxygen atoms in total. The number of rotatable bonds is 9. The third-order valence-electron chi connectivity index (χ3n) is 3.32. The minimum absolute atomic E-state index is 0. The van der Waals surface area contributed by atoms with Crippen molar-refractivity contribution < 1.29 is 17.9 Å². The number of ether oxygens (including phenoxy) is 2. The van der Waals surface area contributed by atoms with E-state index in [1.807, 2.05) is 31.2 Å². The second-order valence-electron chi connectivity index (χ2n) is 5.20. The van der Waals surface area contributed by atoms with Crippen LogP contribution in [-0.2, 0) is 9.84 Å². The fourth-order valence-corrected chi connectivity index (χ4v) is 2.61. The Balaban J connectivity index is 0.00000576. The van der Waals surface area contributed by atoms with Gasteiger partial charge in [0.25, 0.3) is 0 Å². The van der Waals surface area contributed by atoms with Gasteiger partial charge in [0.1, 0.15) is 6.10 Å². The fraction of sp³-hybridized carbons (Fsp3) is 0.562. The molecule has 0 aliphatic heterocycles. The van der Waals surface area contributed by atoms with Crippen LogP contribution in [0.5, 0.6) is 11.5 Å². The van der Waals surface area contributed by atoms with Crippen LogP contribution in [0, 0.1) is 0 Å². The normalized spacial score (nSPS) is 12.7. The molecule has 0 aromatic heterocycles. The average molecular weight is 485 g/mol. The molecular weight excluding hydrogens is 457 g/mol. The topological polar surface area (TPSA) is 89.0 Å². The van der Waals surface area contributed by atoms with E-state index in [0.29, 0.717) is 30.5 Å². The van der Waals surface area contributed by atoms with E-state index in [1.54, 1.807) is 21.1 Å². The number of nitrogens with zero attached hydrogens (tertiary/aromatic N) is 1. The summed E-state index contributed by atoms with van der Waals surface area (Å²) in [5, 5.41) is 6.09. The van der Waals surface area contributed by atoms with Crippen molar-refractivity contribution in [3.8, 4) is 11.5 Å². The van der Waals surface area contributed by atoms with Crippen molar-refractivity contribution in [3.63, 3.8) is 0 Å². The van der Waals surface area contributed by atoms with Crippen molar-refractivity contribution in [3.05, 3.63) is 24.3 Å². The molecule has 1 rings (SSSR count). The van der Waals surface area contributed by atoms with Gasteiger partial charge in [0, 0.05) is 19.3 Å². The zero-order chi connectivity index (χ0) is 18.0. The van der Waals surface area contributed by atoms with Gasteiger partial charge in [-0.25, -0.2) is 8.42 Å². The van der Waals surface area contributed by atoms with Crippen LogP contribution < -0.4 is 20.1 Å². The Morgan fingerprint density at radius 2 is 1.88 bits per heavy atom. The molecule has 144 valence electrons. The molecule has 0 aliphatic carbocycles. The van der Waals surface area contributed by atoms with E-state index in [0.717, 1.165) is 0 Å². The molecule has 0 saturated carbocycles. The van der Waals surface area contributed by atoms with E-state index in [9.17, 15) is 8.42 Å². The van der Waals surface area contributed by atoms with Gasteiger partial charge in [-0.05, 0) is 19.1 Å². The van der Waals surface area contributed by atoms with Crippen LogP contribution in [0.4, 0.5) is 0 Å². The number of benzene rings is 1. The number of methoxy groups -OCH3 is 1. The van der Waals surface area contributed by atoms with Crippen molar-refractivity contribution in [1.82, 2.24) is 10.6 Å². The smallest absolute Gasteiger partial charge is 0.191 e. The van der Waals surface area contributed by atoms with Crippen molar-refractivity contribution in [2.24, 2.45) is 4.99 Å². The lowest BCUT2D eigenvalue weighted by Crippen LogP contribution is -2.43. The summed E-state index contributed by atoms with van der Waals surface area (Å²) < 4.78 is 34.0. The van der Waals surface area contributed by atoms with Crippen molar-refractivity contribution in [2.45, 2.75) is 20.0 Å². The summed E-state index contributed by atoms with van der Waals surface area (Å²) in [5.41, 5.74) is 0. The number of aliphatic imine (C=N–C) groups is 1. The largest absolute Gasteiger partial charge is 0.493 e. The predicted octanol–water partition coefficient (Wildman–Crippen LogP) is 1.68. The van der Waals surface area contributed by atoms with Crippen molar-refractivity contribution in [1.29, 1.82) is 0 Å². The first-order valence-electron chi connectivity index (χ1n) is 7.86. The second kappa shape index (κ2) is 12.2. The predicted molar refractivity (Wildman–Crippen MR) is 112 cm³/mol. The second-order valence-corrected chi connectivity index (χ2v) is 7.67. The molecule has 0 saturated heterocycles. The lowest BCUT2D eigenvalue weighted by atomic mass is 10.3. The maximum Gasteiger partial charge on any atom is 0.191 e. The summed E-state index contributed by atoms with van der Waals surface area (Å²) in [4.78, 5) is 4.07. The third kappa shape index (κ3) is 9.15. The number of hydrogen-bond acceptors (Lipinski definition) is 5. The Kier molecular flexibility index (Phi) is 11.6. The van der Waals surface area contributed by atoms with Crippen LogP contribution in [0.3, 0.4) is 0 Å². The number of para-hydroxylation sites is 2. The highest BCUT2D eigenvalue weighted by molar-refractivity contribution is 14.0. The van der Waals surface area contributed by atoms with Gasteiger partial charge in [-0.15, -0.1) is 24.0 Å². The Bertz CT molecular complexity index is 638. The minimum Gasteiger partial charge on any atom is -0.493 e. The van der Waals surface area contributed by atoms with Gasteiger partial charge in [-0.3, -0.25) is 4.99 Å². The Morgan fingerprint density at radius 3 is 2.44 bits per heavy atom. The molecule has 25 heavy (non-hydrogen) atoms. The minimum atomic E-state index is -2.99. The summed E-state index contributed by atoms with van der Waals surface area (Å²) in [6, 6.07) is 7.44. The molecule has 2 N–H and O–H groups in total. The highest BCUT2D eigenvalue weighted by Gasteiger charge is 2.10. The first-order valence-corrected chi connectivity index (χ1v) is 9.68. The highest BCUT2D eigenvalue weighted by Crippen LogP contribution is 2.26. The van der Waals surface area contributed by atoms with E-state index < -0.39 is 9.84 Å². The number of nitrogens with one attached hydrogen (secondary N) is 2. The lowest BCUT2D eigenvalue weighted by Gasteiger charge is -2.19. The maximum absolute atomic E-state index is 11.5. The van der Waals surface area contributed by atoms with E-state index in [1.165, 1.54) is 0 Å². The monoisotopic (exact) mass is 485 g/mol. The van der Waals surface area contributed by atoms with Gasteiger partial charge in [0.2, 0.25) is 0 Å². The summed E-state index contributed by atoms with van der Waals surface area (Å²) in [6.45, 7) is 4.39. The zero-order valence-corrected chi connectivity index (χ0v) is 18.3. The van der Waals surface area contributed by atoms with Crippen LogP contribution >= 0.6 is 24.0 Å². The molecule has 0 heterocycles. The maximum atomic E-state index is 11.5. The highest BCUT2D eigenvalue weighted by atomic mass is 127. The summed E-state index contributed by atoms with van der Waals surface area (Å²) in [5.74, 6) is 2.11. The summed E-state index contributed by atoms with van der Waals surface area (Å²) in [6.07, 6.45) is -0.126. The van der Waals surface area contributed by atoms with Gasteiger partial charge in [0.15, 0.2) is 27.3 Å². The Morgan fingerprint density at radius 1 is 1.24 bits per heavy atom. The molecule has 1 atom stereocenters. The van der Waals surface area contributed by atoms with Crippen LogP contribution in [0.2, 0.25) is 0 Å². The lowest BCUT2D eigenvalue weighted by molar-refractivity contribution is 0.213. The molecule has 9 heteroatoms. The van der Waals surface area contributed by atoms with Crippen molar-refractivity contribution in [2.75, 3.05) is 38.8 Å². The molecule has 1 unspecified atom stereocenters. The molecule has 0 spiro atoms. The van der Waals surface area contributed by atoms with E-state index in [-0.39, 0.29) is 41.6 Å². The van der Waals surface area contributed by atoms with Crippen LogP contribution in [-0.4, -0.2) is 59.2 Å². The standard InChI is InChI=1S/C16H27N3O4S.HI/c1-5-24(20,21)11-10-18-16(17-3)19-12-13(2)23-15-9-7-6-8-14(15)22-4;/h6-9,13H,5,10-12H2,1-4H3,(H2,17,18,19);1H. The summed E-state index contributed by atoms with van der Waals surface area (Å²) in [7, 11) is 0.246. The number of hydrogen-bond donors (Lipinski definition) is 2. The molecular formula is C16H28IN3O4S. The van der Waals surface area contributed by atoms with Gasteiger partial charge in [-0.1, -0.05) is 19.1 Å². The van der Waals surface area contributed by atoms with Crippen LogP contribution in [0.25, 0.3) is 0 Å². The Hall–Kier alpha value is -1.23. The fourth-order valence-electron chi connectivity index (χ4n) is 1.90. The average Bonchev–Trinajstić information content (AvgIpc) is 2.58. The molecule has 0 radical (unpaired) electrons. The quantitative estimate of drug-likeness (QED) is 0.315. The molecule has 0 amide bonds. The van der Waals surface area contributed by atoms with Gasteiger partial charge >= 0.3 is 0 Å². The molecule has 0 fully saturated rings. The van der Waals surface area contributed by atoms with Gasteiger partial charge < -0.3 is 20.1 Å². The summed E-state index contributed by atoms with van der Waals surface area (Å²) >= 11 is 0. The molecule has 0 bridgehead atoms. The number of guanidine groups is 1. The third-order valence-corrected chi connectivity index (χ3v) is 5.03. The van der Waals surface area contributed by atoms with E-state index >= 15 is 0 Å². The van der Waals surface area contributed by atoms with Gasteiger partial charge in [-0.2, -0.15) is 0 Å². The molecule has 1 aromatic rings. The molecule has 0 aliphatic rings. The van der Waals surface area contributed by atoms with E-state index in [4.69, 9.17) is 9.47 Å². The van der Waals surface area contributed by atoms with Gasteiger partial charge in [0.05, 0.1) is 19.4 Å². The SMILES string of the molecule is CCS(=O)(=O)CCNC(=NC)NCC(C)Oc1ccccc1OC.I. The first-order chi connectivity index (χ1) is 11.4. The number of halogens is 1.